The van der Waals surface area contributed by atoms with E-state index in [1.165, 1.54) is 0 Å². The van der Waals surface area contributed by atoms with Gasteiger partial charge in [0.25, 0.3) is 0 Å². The van der Waals surface area contributed by atoms with Crippen molar-refractivity contribution < 1.29 is 9.90 Å². The number of nitrogens with one attached hydrogen (secondary N) is 1. The Bertz CT molecular complexity index is 428. The van der Waals surface area contributed by atoms with Crippen LogP contribution in [0.5, 0.6) is 0 Å². The van der Waals surface area contributed by atoms with Crippen LogP contribution in [0.1, 0.15) is 25.5 Å². The number of aliphatic carboxylic acids is 1. The molecule has 5 nitrogen and oxygen atoms in total. The molecule has 1 aromatic carbocycles. The number of carboxylic acid groups (broad SMARTS) is 1. The molecular formula is C16H27N3O2. The minimum atomic E-state index is -0.841. The second kappa shape index (κ2) is 8.64. The minimum Gasteiger partial charge on any atom is -0.480 e. The Kier molecular flexibility index (Phi) is 7.19. The van der Waals surface area contributed by atoms with E-state index in [2.05, 4.69) is 24.1 Å². The van der Waals surface area contributed by atoms with Crippen LogP contribution in [0, 0.1) is 0 Å². The third kappa shape index (κ3) is 5.36. The molecule has 0 spiro atoms. The van der Waals surface area contributed by atoms with E-state index >= 15 is 0 Å². The quantitative estimate of drug-likeness (QED) is 0.727. The molecule has 0 aromatic heterocycles. The summed E-state index contributed by atoms with van der Waals surface area (Å²) in [5, 5.41) is 12.5. The highest BCUT2D eigenvalue weighted by atomic mass is 16.4. The van der Waals surface area contributed by atoms with Gasteiger partial charge < -0.3 is 14.9 Å². The summed E-state index contributed by atoms with van der Waals surface area (Å²) in [4.78, 5) is 15.7. The maximum absolute atomic E-state index is 11.4. The van der Waals surface area contributed by atoms with Crippen LogP contribution in [0.15, 0.2) is 24.3 Å². The number of carbonyl (C=O) groups is 1. The topological polar surface area (TPSA) is 55.8 Å². The van der Waals surface area contributed by atoms with Crippen molar-refractivity contribution in [3.05, 3.63) is 29.8 Å². The molecule has 1 aromatic rings. The van der Waals surface area contributed by atoms with Gasteiger partial charge in [-0.3, -0.25) is 10.1 Å². The van der Waals surface area contributed by atoms with Crippen LogP contribution in [-0.4, -0.2) is 56.3 Å². The molecule has 0 aliphatic rings. The van der Waals surface area contributed by atoms with Crippen molar-refractivity contribution in [1.29, 1.82) is 0 Å². The van der Waals surface area contributed by atoms with E-state index in [9.17, 15) is 9.90 Å². The van der Waals surface area contributed by atoms with Gasteiger partial charge in [-0.05, 0) is 30.8 Å². The third-order valence-electron chi connectivity index (χ3n) is 3.66. The SMILES string of the molecule is CCN(CC)CCNC(C(=O)O)c1ccc(N(C)C)cc1. The number of hydrogen-bond acceptors (Lipinski definition) is 4. The maximum Gasteiger partial charge on any atom is 0.325 e. The molecule has 0 fully saturated rings. The van der Waals surface area contributed by atoms with Gasteiger partial charge in [-0.25, -0.2) is 0 Å². The van der Waals surface area contributed by atoms with E-state index < -0.39 is 12.0 Å². The monoisotopic (exact) mass is 293 g/mol. The molecule has 1 atom stereocenters. The van der Waals surface area contributed by atoms with Crippen LogP contribution in [0.2, 0.25) is 0 Å². The zero-order chi connectivity index (χ0) is 15.8. The Hall–Kier alpha value is -1.59. The smallest absolute Gasteiger partial charge is 0.325 e. The summed E-state index contributed by atoms with van der Waals surface area (Å²) < 4.78 is 0. The molecule has 1 unspecified atom stereocenters. The van der Waals surface area contributed by atoms with E-state index in [1.54, 1.807) is 0 Å². The highest BCUT2D eigenvalue weighted by Crippen LogP contribution is 2.18. The maximum atomic E-state index is 11.4. The molecule has 2 N–H and O–H groups in total. The number of rotatable bonds is 9. The van der Waals surface area contributed by atoms with E-state index in [0.717, 1.165) is 30.9 Å². The van der Waals surface area contributed by atoms with E-state index in [4.69, 9.17) is 0 Å². The lowest BCUT2D eigenvalue weighted by molar-refractivity contribution is -0.139. The van der Waals surface area contributed by atoms with Gasteiger partial charge in [0.05, 0.1) is 0 Å². The molecule has 0 radical (unpaired) electrons. The summed E-state index contributed by atoms with van der Waals surface area (Å²) in [5.74, 6) is -0.841. The lowest BCUT2D eigenvalue weighted by atomic mass is 10.1. The van der Waals surface area contributed by atoms with Crippen molar-refractivity contribution in [2.45, 2.75) is 19.9 Å². The van der Waals surface area contributed by atoms with Crippen LogP contribution in [0.25, 0.3) is 0 Å². The Balaban J connectivity index is 2.66. The minimum absolute atomic E-state index is 0.656. The predicted octanol–water partition coefficient (Wildman–Crippen LogP) is 1.81. The summed E-state index contributed by atoms with van der Waals surface area (Å²) in [6, 6.07) is 6.97. The van der Waals surface area contributed by atoms with Gasteiger partial charge >= 0.3 is 5.97 Å². The van der Waals surface area contributed by atoms with Gasteiger partial charge in [0, 0.05) is 32.9 Å². The molecule has 21 heavy (non-hydrogen) atoms. The molecule has 0 saturated carbocycles. The molecular weight excluding hydrogens is 266 g/mol. The molecule has 0 amide bonds. The molecule has 0 aliphatic heterocycles. The summed E-state index contributed by atoms with van der Waals surface area (Å²) >= 11 is 0. The summed E-state index contributed by atoms with van der Waals surface area (Å²) in [6.07, 6.45) is 0. The van der Waals surface area contributed by atoms with Gasteiger partial charge in [-0.1, -0.05) is 26.0 Å². The average Bonchev–Trinajstić information content (AvgIpc) is 2.47. The Morgan fingerprint density at radius 3 is 2.19 bits per heavy atom. The van der Waals surface area contributed by atoms with Crippen LogP contribution >= 0.6 is 0 Å². The number of hydrogen-bond donors (Lipinski definition) is 2. The number of likely N-dealkylation sites (N-methyl/N-ethyl adjacent to an activating group) is 1. The fraction of sp³-hybridized carbons (Fsp3) is 0.562. The standard InChI is InChI=1S/C16H27N3O2/c1-5-19(6-2)12-11-17-15(16(20)21)13-7-9-14(10-8-13)18(3)4/h7-10,15,17H,5-6,11-12H2,1-4H3,(H,20,21). The van der Waals surface area contributed by atoms with Crippen molar-refractivity contribution in [3.63, 3.8) is 0 Å². The molecule has 0 saturated heterocycles. The largest absolute Gasteiger partial charge is 0.480 e. The molecule has 0 bridgehead atoms. The van der Waals surface area contributed by atoms with Crippen LogP contribution in [0.4, 0.5) is 5.69 Å². The number of anilines is 1. The first-order valence-corrected chi connectivity index (χ1v) is 7.45. The normalized spacial score (nSPS) is 12.4. The van der Waals surface area contributed by atoms with Gasteiger partial charge in [0.1, 0.15) is 6.04 Å². The van der Waals surface area contributed by atoms with Crippen molar-refractivity contribution in [2.24, 2.45) is 0 Å². The number of carboxylic acids is 1. The van der Waals surface area contributed by atoms with Crippen molar-refractivity contribution in [1.82, 2.24) is 10.2 Å². The fourth-order valence-electron chi connectivity index (χ4n) is 2.22. The Labute approximate surface area is 127 Å². The highest BCUT2D eigenvalue weighted by Gasteiger charge is 2.19. The second-order valence-electron chi connectivity index (χ2n) is 5.24. The van der Waals surface area contributed by atoms with Crippen LogP contribution in [0.3, 0.4) is 0 Å². The van der Waals surface area contributed by atoms with Crippen LogP contribution < -0.4 is 10.2 Å². The van der Waals surface area contributed by atoms with Gasteiger partial charge in [-0.2, -0.15) is 0 Å². The number of benzene rings is 1. The molecule has 5 heteroatoms. The first-order valence-electron chi connectivity index (χ1n) is 7.45. The van der Waals surface area contributed by atoms with Gasteiger partial charge in [-0.15, -0.1) is 0 Å². The van der Waals surface area contributed by atoms with E-state index in [0.29, 0.717) is 6.54 Å². The lowest BCUT2D eigenvalue weighted by Gasteiger charge is -2.21. The average molecular weight is 293 g/mol. The Morgan fingerprint density at radius 1 is 1.19 bits per heavy atom. The molecule has 0 heterocycles. The first kappa shape index (κ1) is 17.5. The predicted molar refractivity (Wildman–Crippen MR) is 86.9 cm³/mol. The highest BCUT2D eigenvalue weighted by molar-refractivity contribution is 5.75. The Morgan fingerprint density at radius 2 is 1.76 bits per heavy atom. The zero-order valence-electron chi connectivity index (χ0n) is 13.5. The fourth-order valence-corrected chi connectivity index (χ4v) is 2.22. The second-order valence-corrected chi connectivity index (χ2v) is 5.24. The first-order chi connectivity index (χ1) is 9.99. The number of nitrogens with zero attached hydrogens (tertiary/aromatic N) is 2. The summed E-state index contributed by atoms with van der Waals surface area (Å²) in [7, 11) is 3.93. The summed E-state index contributed by atoms with van der Waals surface area (Å²) in [5.41, 5.74) is 1.85. The van der Waals surface area contributed by atoms with E-state index in [-0.39, 0.29) is 0 Å². The molecule has 118 valence electrons. The molecule has 1 rings (SSSR count). The van der Waals surface area contributed by atoms with E-state index in [1.807, 2.05) is 43.3 Å². The summed E-state index contributed by atoms with van der Waals surface area (Å²) in [6.45, 7) is 7.69. The van der Waals surface area contributed by atoms with Gasteiger partial charge in [0.2, 0.25) is 0 Å². The van der Waals surface area contributed by atoms with Crippen molar-refractivity contribution in [3.8, 4) is 0 Å². The van der Waals surface area contributed by atoms with Crippen molar-refractivity contribution >= 4 is 11.7 Å². The molecule has 0 aliphatic carbocycles. The lowest BCUT2D eigenvalue weighted by Crippen LogP contribution is -2.36. The third-order valence-corrected chi connectivity index (χ3v) is 3.66. The van der Waals surface area contributed by atoms with Crippen molar-refractivity contribution in [2.75, 3.05) is 45.2 Å². The van der Waals surface area contributed by atoms with Crippen LogP contribution in [-0.2, 0) is 4.79 Å². The van der Waals surface area contributed by atoms with Gasteiger partial charge in [0.15, 0.2) is 0 Å². The zero-order valence-corrected chi connectivity index (χ0v) is 13.5.